The molecule has 1 amide bonds. The van der Waals surface area contributed by atoms with Gasteiger partial charge >= 0.3 is 5.97 Å². The number of aryl methyl sites for hydroxylation is 1. The second-order valence-electron chi connectivity index (χ2n) is 7.17. The Balaban J connectivity index is 1.87. The first kappa shape index (κ1) is 19.3. The lowest BCUT2D eigenvalue weighted by atomic mass is 9.76. The molecule has 0 aliphatic carbocycles. The fourth-order valence-electron chi connectivity index (χ4n) is 3.32. The predicted molar refractivity (Wildman–Crippen MR) is 96.7 cm³/mol. The van der Waals surface area contributed by atoms with Gasteiger partial charge < -0.3 is 14.7 Å². The first-order valence-electron chi connectivity index (χ1n) is 9.12. The van der Waals surface area contributed by atoms with Gasteiger partial charge in [0.2, 0.25) is 5.91 Å². The third-order valence-electron chi connectivity index (χ3n) is 5.21. The molecule has 0 saturated carbocycles. The predicted octanol–water partition coefficient (Wildman–Crippen LogP) is 3.37. The van der Waals surface area contributed by atoms with Crippen LogP contribution in [-0.4, -0.2) is 41.6 Å². The largest absolute Gasteiger partial charge is 0.494 e. The maximum atomic E-state index is 12.5. The number of hydrogen-bond donors (Lipinski definition) is 1. The van der Waals surface area contributed by atoms with Crippen LogP contribution in [0.5, 0.6) is 5.75 Å². The molecule has 1 aliphatic heterocycles. The van der Waals surface area contributed by atoms with E-state index in [0.717, 1.165) is 17.7 Å². The summed E-state index contributed by atoms with van der Waals surface area (Å²) in [5.41, 5.74) is 0.290. The van der Waals surface area contributed by atoms with Gasteiger partial charge in [-0.2, -0.15) is 0 Å². The summed E-state index contributed by atoms with van der Waals surface area (Å²) in [6.45, 7) is 7.47. The molecule has 0 spiro atoms. The van der Waals surface area contributed by atoms with Crippen LogP contribution in [0.15, 0.2) is 24.3 Å². The molecule has 1 aliphatic rings. The van der Waals surface area contributed by atoms with Crippen molar-refractivity contribution >= 4 is 11.9 Å². The Hall–Kier alpha value is -2.04. The molecule has 1 saturated heterocycles. The molecule has 0 radical (unpaired) electrons. The van der Waals surface area contributed by atoms with E-state index in [1.165, 1.54) is 0 Å². The zero-order chi connectivity index (χ0) is 18.4. The first-order valence-corrected chi connectivity index (χ1v) is 9.12. The topological polar surface area (TPSA) is 66.8 Å². The number of carboxylic acids is 1. The van der Waals surface area contributed by atoms with Crippen LogP contribution in [0.4, 0.5) is 0 Å². The van der Waals surface area contributed by atoms with Gasteiger partial charge in [0.15, 0.2) is 0 Å². The van der Waals surface area contributed by atoms with Gasteiger partial charge in [-0.1, -0.05) is 32.9 Å². The summed E-state index contributed by atoms with van der Waals surface area (Å²) in [6.07, 6.45) is 2.57. The molecule has 1 unspecified atom stereocenters. The number of amides is 1. The molecule has 1 aromatic carbocycles. The molecule has 2 rings (SSSR count). The van der Waals surface area contributed by atoms with E-state index in [1.54, 1.807) is 4.90 Å². The summed E-state index contributed by atoms with van der Waals surface area (Å²) >= 11 is 0. The van der Waals surface area contributed by atoms with Gasteiger partial charge in [0, 0.05) is 19.5 Å². The SMILES string of the molecule is CCCOc1ccc(CCC(=O)N2CCC(C(=O)O)(C(C)C)C2)cc1. The maximum absolute atomic E-state index is 12.5. The van der Waals surface area contributed by atoms with Crippen molar-refractivity contribution in [1.29, 1.82) is 0 Å². The van der Waals surface area contributed by atoms with E-state index in [1.807, 2.05) is 38.1 Å². The minimum absolute atomic E-state index is 0.0125. The van der Waals surface area contributed by atoms with Crippen LogP contribution < -0.4 is 4.74 Å². The number of benzene rings is 1. The van der Waals surface area contributed by atoms with Crippen molar-refractivity contribution < 1.29 is 19.4 Å². The Morgan fingerprint density at radius 3 is 2.48 bits per heavy atom. The number of hydrogen-bond acceptors (Lipinski definition) is 3. The summed E-state index contributed by atoms with van der Waals surface area (Å²) in [5.74, 6) is 0.105. The molecular weight excluding hydrogens is 318 g/mol. The van der Waals surface area contributed by atoms with Crippen molar-refractivity contribution in [2.45, 2.75) is 46.5 Å². The first-order chi connectivity index (χ1) is 11.9. The van der Waals surface area contributed by atoms with Gasteiger partial charge in [0.1, 0.15) is 5.75 Å². The average molecular weight is 347 g/mol. The molecule has 25 heavy (non-hydrogen) atoms. The highest BCUT2D eigenvalue weighted by Gasteiger charge is 2.48. The number of ether oxygens (including phenoxy) is 1. The monoisotopic (exact) mass is 347 g/mol. The van der Waals surface area contributed by atoms with Crippen LogP contribution in [0.2, 0.25) is 0 Å². The lowest BCUT2D eigenvalue weighted by Crippen LogP contribution is -2.40. The van der Waals surface area contributed by atoms with Crippen LogP contribution >= 0.6 is 0 Å². The number of carbonyl (C=O) groups excluding carboxylic acids is 1. The second-order valence-corrected chi connectivity index (χ2v) is 7.17. The highest BCUT2D eigenvalue weighted by molar-refractivity contribution is 5.81. The van der Waals surface area contributed by atoms with Crippen LogP contribution in [0, 0.1) is 11.3 Å². The molecular formula is C20H29NO4. The summed E-state index contributed by atoms with van der Waals surface area (Å²) in [5, 5.41) is 9.58. The number of nitrogens with zero attached hydrogens (tertiary/aromatic N) is 1. The zero-order valence-electron chi connectivity index (χ0n) is 15.5. The molecule has 1 N–H and O–H groups in total. The molecule has 1 fully saturated rings. The number of rotatable bonds is 8. The lowest BCUT2D eigenvalue weighted by Gasteiger charge is -2.28. The van der Waals surface area contributed by atoms with Gasteiger partial charge in [0.25, 0.3) is 0 Å². The van der Waals surface area contributed by atoms with Crippen LogP contribution in [0.25, 0.3) is 0 Å². The summed E-state index contributed by atoms with van der Waals surface area (Å²) in [4.78, 5) is 25.9. The Morgan fingerprint density at radius 1 is 1.28 bits per heavy atom. The molecule has 1 heterocycles. The fraction of sp³-hybridized carbons (Fsp3) is 0.600. The highest BCUT2D eigenvalue weighted by atomic mass is 16.5. The van der Waals surface area contributed by atoms with E-state index in [2.05, 4.69) is 6.92 Å². The summed E-state index contributed by atoms with van der Waals surface area (Å²) in [6, 6.07) is 7.83. The minimum Gasteiger partial charge on any atom is -0.494 e. The van der Waals surface area contributed by atoms with Gasteiger partial charge in [-0.05, 0) is 42.9 Å². The molecule has 5 nitrogen and oxygen atoms in total. The number of aliphatic carboxylic acids is 1. The van der Waals surface area contributed by atoms with E-state index in [0.29, 0.717) is 39.0 Å². The van der Waals surface area contributed by atoms with E-state index < -0.39 is 11.4 Å². The van der Waals surface area contributed by atoms with Crippen molar-refractivity contribution in [1.82, 2.24) is 4.90 Å². The van der Waals surface area contributed by atoms with Crippen LogP contribution in [0.1, 0.15) is 45.6 Å². The standard InChI is InChI=1S/C20H29NO4/c1-4-13-25-17-8-5-16(6-9-17)7-10-18(22)21-12-11-20(14-21,15(2)3)19(23)24/h5-6,8-9,15H,4,7,10-14H2,1-3H3,(H,23,24). The summed E-state index contributed by atoms with van der Waals surface area (Å²) < 4.78 is 5.55. The normalized spacial score (nSPS) is 20.1. The Labute approximate surface area is 150 Å². The van der Waals surface area contributed by atoms with Gasteiger partial charge in [-0.15, -0.1) is 0 Å². The molecule has 138 valence electrons. The van der Waals surface area contributed by atoms with Crippen LogP contribution in [-0.2, 0) is 16.0 Å². The van der Waals surface area contributed by atoms with Crippen molar-refractivity contribution in [3.05, 3.63) is 29.8 Å². The van der Waals surface area contributed by atoms with Gasteiger partial charge in [-0.25, -0.2) is 0 Å². The fourth-order valence-corrected chi connectivity index (χ4v) is 3.32. The van der Waals surface area contributed by atoms with Crippen molar-refractivity contribution in [2.75, 3.05) is 19.7 Å². The number of carboxylic acid groups (broad SMARTS) is 1. The van der Waals surface area contributed by atoms with Crippen LogP contribution in [0.3, 0.4) is 0 Å². The Bertz CT molecular complexity index is 596. The lowest BCUT2D eigenvalue weighted by molar-refractivity contribution is -0.151. The smallest absolute Gasteiger partial charge is 0.311 e. The Morgan fingerprint density at radius 2 is 1.96 bits per heavy atom. The number of likely N-dealkylation sites (tertiary alicyclic amines) is 1. The zero-order valence-corrected chi connectivity index (χ0v) is 15.5. The minimum atomic E-state index is -0.798. The third kappa shape index (κ3) is 4.53. The van der Waals surface area contributed by atoms with Gasteiger partial charge in [0.05, 0.1) is 12.0 Å². The van der Waals surface area contributed by atoms with E-state index >= 15 is 0 Å². The molecule has 0 bridgehead atoms. The molecule has 1 atom stereocenters. The van der Waals surface area contributed by atoms with Crippen molar-refractivity contribution in [3.63, 3.8) is 0 Å². The van der Waals surface area contributed by atoms with E-state index in [-0.39, 0.29) is 11.8 Å². The molecule has 5 heteroatoms. The second kappa shape index (κ2) is 8.37. The number of carbonyl (C=O) groups is 2. The average Bonchev–Trinajstić information content (AvgIpc) is 3.06. The Kier molecular flexibility index (Phi) is 6.45. The van der Waals surface area contributed by atoms with E-state index in [9.17, 15) is 14.7 Å². The van der Waals surface area contributed by atoms with E-state index in [4.69, 9.17) is 4.74 Å². The quantitative estimate of drug-likeness (QED) is 0.783. The highest BCUT2D eigenvalue weighted by Crippen LogP contribution is 2.38. The van der Waals surface area contributed by atoms with Crippen molar-refractivity contribution in [2.24, 2.45) is 11.3 Å². The molecule has 1 aromatic rings. The maximum Gasteiger partial charge on any atom is 0.311 e. The van der Waals surface area contributed by atoms with Gasteiger partial charge in [-0.3, -0.25) is 9.59 Å². The summed E-state index contributed by atoms with van der Waals surface area (Å²) in [7, 11) is 0. The third-order valence-corrected chi connectivity index (χ3v) is 5.21. The van der Waals surface area contributed by atoms with Crippen molar-refractivity contribution in [3.8, 4) is 5.75 Å². The molecule has 0 aromatic heterocycles.